The van der Waals surface area contributed by atoms with Crippen molar-refractivity contribution in [1.29, 1.82) is 0 Å². The summed E-state index contributed by atoms with van der Waals surface area (Å²) in [7, 11) is 1.81. The standard InChI is InChI=1S/C13H20N4OS/c1-4-17(5-2)7-8-18-11-10-6-9-19-12(10)16-13(14-3)15-11/h6,9H,4-5,7-8H2,1-3H3,(H,14,15,16). The van der Waals surface area contributed by atoms with E-state index in [2.05, 4.69) is 34.0 Å². The van der Waals surface area contributed by atoms with Gasteiger partial charge in [-0.2, -0.15) is 4.98 Å². The van der Waals surface area contributed by atoms with E-state index < -0.39 is 0 Å². The highest BCUT2D eigenvalue weighted by Gasteiger charge is 2.09. The van der Waals surface area contributed by atoms with Crippen LogP contribution in [0.25, 0.3) is 10.2 Å². The zero-order valence-corrected chi connectivity index (χ0v) is 12.5. The Morgan fingerprint density at radius 3 is 2.79 bits per heavy atom. The first-order valence-corrected chi connectivity index (χ1v) is 7.44. The van der Waals surface area contributed by atoms with Gasteiger partial charge in [0.1, 0.15) is 11.4 Å². The quantitative estimate of drug-likeness (QED) is 0.844. The lowest BCUT2D eigenvalue weighted by Crippen LogP contribution is -2.28. The number of likely N-dealkylation sites (N-methyl/N-ethyl adjacent to an activating group) is 1. The number of nitrogens with zero attached hydrogens (tertiary/aromatic N) is 3. The third-order valence-electron chi connectivity index (χ3n) is 3.05. The largest absolute Gasteiger partial charge is 0.476 e. The lowest BCUT2D eigenvalue weighted by atomic mass is 10.4. The van der Waals surface area contributed by atoms with Crippen LogP contribution in [0.1, 0.15) is 13.8 Å². The molecule has 0 atom stereocenters. The van der Waals surface area contributed by atoms with E-state index in [1.807, 2.05) is 18.5 Å². The SMILES string of the molecule is CCN(CC)CCOc1nc(NC)nc2sccc12. The molecule has 1 N–H and O–H groups in total. The molecule has 0 saturated carbocycles. The molecule has 2 rings (SSSR count). The Bertz CT molecular complexity index is 524. The van der Waals surface area contributed by atoms with Crippen LogP contribution in [0.2, 0.25) is 0 Å². The number of nitrogens with one attached hydrogen (secondary N) is 1. The molecule has 0 bridgehead atoms. The summed E-state index contributed by atoms with van der Waals surface area (Å²) >= 11 is 1.60. The molecule has 104 valence electrons. The second-order valence-electron chi connectivity index (χ2n) is 4.12. The summed E-state index contributed by atoms with van der Waals surface area (Å²) in [5.41, 5.74) is 0. The minimum Gasteiger partial charge on any atom is -0.476 e. The number of fused-ring (bicyclic) bond motifs is 1. The lowest BCUT2D eigenvalue weighted by molar-refractivity contribution is 0.220. The molecule has 0 aliphatic heterocycles. The molecule has 5 nitrogen and oxygen atoms in total. The maximum Gasteiger partial charge on any atom is 0.227 e. The van der Waals surface area contributed by atoms with Crippen molar-refractivity contribution < 1.29 is 4.74 Å². The van der Waals surface area contributed by atoms with Crippen LogP contribution in [0.15, 0.2) is 11.4 Å². The van der Waals surface area contributed by atoms with Crippen LogP contribution in [0.3, 0.4) is 0 Å². The van der Waals surface area contributed by atoms with E-state index in [4.69, 9.17) is 4.74 Å². The maximum atomic E-state index is 5.83. The Balaban J connectivity index is 2.08. The molecule has 2 aromatic heterocycles. The maximum absolute atomic E-state index is 5.83. The van der Waals surface area contributed by atoms with Gasteiger partial charge < -0.3 is 15.0 Å². The van der Waals surface area contributed by atoms with E-state index in [0.29, 0.717) is 18.4 Å². The number of hydrogen-bond acceptors (Lipinski definition) is 6. The minimum atomic E-state index is 0.604. The Hall–Kier alpha value is -1.40. The predicted molar refractivity (Wildman–Crippen MR) is 80.2 cm³/mol. The highest BCUT2D eigenvalue weighted by Crippen LogP contribution is 2.27. The van der Waals surface area contributed by atoms with E-state index in [-0.39, 0.29) is 0 Å². The Kier molecular flexibility index (Phi) is 4.93. The molecule has 0 aromatic carbocycles. The molecule has 2 heterocycles. The van der Waals surface area contributed by atoms with Crippen LogP contribution in [0.4, 0.5) is 5.95 Å². The first-order valence-electron chi connectivity index (χ1n) is 6.56. The monoisotopic (exact) mass is 280 g/mol. The smallest absolute Gasteiger partial charge is 0.227 e. The number of rotatable bonds is 7. The van der Waals surface area contributed by atoms with Gasteiger partial charge in [0.15, 0.2) is 0 Å². The molecule has 2 aromatic rings. The zero-order chi connectivity index (χ0) is 13.7. The van der Waals surface area contributed by atoms with Crippen molar-refractivity contribution in [2.24, 2.45) is 0 Å². The second kappa shape index (κ2) is 6.68. The number of hydrogen-bond donors (Lipinski definition) is 1. The van der Waals surface area contributed by atoms with Crippen molar-refractivity contribution in [2.75, 3.05) is 38.6 Å². The molecule has 0 aliphatic rings. The van der Waals surface area contributed by atoms with Gasteiger partial charge in [-0.3, -0.25) is 0 Å². The van der Waals surface area contributed by atoms with Crippen LogP contribution in [0.5, 0.6) is 5.88 Å². The van der Waals surface area contributed by atoms with Crippen molar-refractivity contribution >= 4 is 27.5 Å². The molecule has 0 unspecified atom stereocenters. The predicted octanol–water partition coefficient (Wildman–Crippen LogP) is 2.45. The summed E-state index contributed by atoms with van der Waals surface area (Å²) in [4.78, 5) is 12.1. The Morgan fingerprint density at radius 1 is 1.32 bits per heavy atom. The zero-order valence-electron chi connectivity index (χ0n) is 11.6. The fourth-order valence-corrected chi connectivity index (χ4v) is 2.62. The molecular weight excluding hydrogens is 260 g/mol. The van der Waals surface area contributed by atoms with Crippen LogP contribution in [-0.2, 0) is 0 Å². The van der Waals surface area contributed by atoms with Gasteiger partial charge in [0.05, 0.1) is 5.39 Å². The van der Waals surface area contributed by atoms with Gasteiger partial charge in [-0.1, -0.05) is 13.8 Å². The first kappa shape index (κ1) is 14.0. The fraction of sp³-hybridized carbons (Fsp3) is 0.538. The van der Waals surface area contributed by atoms with Crippen LogP contribution < -0.4 is 10.1 Å². The van der Waals surface area contributed by atoms with E-state index in [1.54, 1.807) is 11.3 Å². The van der Waals surface area contributed by atoms with E-state index in [0.717, 1.165) is 29.9 Å². The van der Waals surface area contributed by atoms with Gasteiger partial charge in [0.2, 0.25) is 11.8 Å². The van der Waals surface area contributed by atoms with Crippen molar-refractivity contribution in [3.8, 4) is 5.88 Å². The number of aromatic nitrogens is 2. The summed E-state index contributed by atoms with van der Waals surface area (Å²) < 4.78 is 5.83. The normalized spacial score (nSPS) is 11.2. The van der Waals surface area contributed by atoms with Gasteiger partial charge in [0, 0.05) is 13.6 Å². The fourth-order valence-electron chi connectivity index (χ4n) is 1.86. The highest BCUT2D eigenvalue weighted by molar-refractivity contribution is 7.16. The highest BCUT2D eigenvalue weighted by atomic mass is 32.1. The third kappa shape index (κ3) is 3.33. The molecule has 0 fully saturated rings. The summed E-state index contributed by atoms with van der Waals surface area (Å²) in [6.45, 7) is 7.96. The number of ether oxygens (including phenoxy) is 1. The molecule has 0 aliphatic carbocycles. The van der Waals surface area contributed by atoms with Crippen LogP contribution >= 0.6 is 11.3 Å². The molecule has 0 radical (unpaired) electrons. The molecule has 19 heavy (non-hydrogen) atoms. The molecule has 0 spiro atoms. The van der Waals surface area contributed by atoms with Crippen molar-refractivity contribution in [3.63, 3.8) is 0 Å². The van der Waals surface area contributed by atoms with Gasteiger partial charge in [-0.05, 0) is 24.5 Å². The first-order chi connectivity index (χ1) is 9.28. The summed E-state index contributed by atoms with van der Waals surface area (Å²) in [5.74, 6) is 1.27. The number of anilines is 1. The van der Waals surface area contributed by atoms with E-state index in [9.17, 15) is 0 Å². The van der Waals surface area contributed by atoms with Gasteiger partial charge in [-0.25, -0.2) is 4.98 Å². The summed E-state index contributed by atoms with van der Waals surface area (Å²) in [5, 5.41) is 5.96. The molecule has 0 amide bonds. The topological polar surface area (TPSA) is 50.3 Å². The van der Waals surface area contributed by atoms with E-state index >= 15 is 0 Å². The lowest BCUT2D eigenvalue weighted by Gasteiger charge is -2.18. The summed E-state index contributed by atoms with van der Waals surface area (Å²) in [6.07, 6.45) is 0. The van der Waals surface area contributed by atoms with Crippen molar-refractivity contribution in [1.82, 2.24) is 14.9 Å². The van der Waals surface area contributed by atoms with Crippen LogP contribution in [0, 0.1) is 0 Å². The van der Waals surface area contributed by atoms with Gasteiger partial charge >= 0.3 is 0 Å². The second-order valence-corrected chi connectivity index (χ2v) is 5.01. The van der Waals surface area contributed by atoms with Gasteiger partial charge in [0.25, 0.3) is 0 Å². The van der Waals surface area contributed by atoms with Crippen molar-refractivity contribution in [2.45, 2.75) is 13.8 Å². The average molecular weight is 280 g/mol. The average Bonchev–Trinajstić information content (AvgIpc) is 2.91. The van der Waals surface area contributed by atoms with Crippen LogP contribution in [-0.4, -0.2) is 48.2 Å². The van der Waals surface area contributed by atoms with Gasteiger partial charge in [-0.15, -0.1) is 11.3 Å². The molecule has 0 saturated heterocycles. The molecule has 6 heteroatoms. The summed E-state index contributed by atoms with van der Waals surface area (Å²) in [6, 6.07) is 2.01. The minimum absolute atomic E-state index is 0.604. The third-order valence-corrected chi connectivity index (χ3v) is 3.86. The Labute approximate surface area is 117 Å². The van der Waals surface area contributed by atoms with E-state index in [1.165, 1.54) is 0 Å². The number of thiophene rings is 1. The van der Waals surface area contributed by atoms with Crippen molar-refractivity contribution in [3.05, 3.63) is 11.4 Å². The Morgan fingerprint density at radius 2 is 2.11 bits per heavy atom. The molecular formula is C13H20N4OS.